The van der Waals surface area contributed by atoms with Gasteiger partial charge in [0.15, 0.2) is 5.69 Å². The maximum absolute atomic E-state index is 13.4. The first kappa shape index (κ1) is 26.0. The fraction of sp³-hybridized carbons (Fsp3) is 0.185. The van der Waals surface area contributed by atoms with E-state index in [-0.39, 0.29) is 29.7 Å². The number of fused-ring (bicyclic) bond motifs is 1. The van der Waals surface area contributed by atoms with Crippen molar-refractivity contribution in [2.75, 3.05) is 11.9 Å². The number of amides is 3. The molecule has 1 saturated heterocycles. The van der Waals surface area contributed by atoms with Gasteiger partial charge in [-0.2, -0.15) is 5.10 Å². The fourth-order valence-corrected chi connectivity index (χ4v) is 4.76. The predicted molar refractivity (Wildman–Crippen MR) is 144 cm³/mol. The molecule has 0 bridgehead atoms. The number of nitrogens with two attached hydrogens (primary N) is 1. The average molecular weight is 590 g/mol. The van der Waals surface area contributed by atoms with Gasteiger partial charge in [0.2, 0.25) is 11.8 Å². The molecule has 0 radical (unpaired) electrons. The SMILES string of the molecule is NC(=O)c1nn(CC(=O)N2CCCC2C(=O)Nc2cccc(Br)n2)c2ccc(C#Cc3cc(F)ccn3)cc12. The molecule has 1 aliphatic rings. The van der Waals surface area contributed by atoms with E-state index in [0.29, 0.717) is 46.3 Å². The van der Waals surface area contributed by atoms with Crippen molar-refractivity contribution in [2.24, 2.45) is 5.73 Å². The molecular formula is C27H21BrFN7O3. The number of hydrogen-bond acceptors (Lipinski definition) is 6. The van der Waals surface area contributed by atoms with Crippen LogP contribution >= 0.6 is 15.9 Å². The standard InChI is InChI=1S/C27H21BrFN7O3/c28-22-4-1-5-23(32-22)33-27(39)21-3-2-12-35(21)24(37)15-36-20-9-7-16(13-19(20)25(34-36)26(30)38)6-8-18-14-17(29)10-11-31-18/h1,4-5,7,9-11,13-14,21H,2-3,12,15H2,(H2,30,38)(H,32,33,39). The molecule has 1 atom stereocenters. The number of primary amides is 1. The number of pyridine rings is 2. The van der Waals surface area contributed by atoms with E-state index in [1.807, 2.05) is 0 Å². The predicted octanol–water partition coefficient (Wildman–Crippen LogP) is 2.86. The van der Waals surface area contributed by atoms with Crippen LogP contribution in [0.15, 0.2) is 59.3 Å². The third-order valence-electron chi connectivity index (χ3n) is 6.17. The minimum Gasteiger partial charge on any atom is -0.364 e. The topological polar surface area (TPSA) is 136 Å². The third-order valence-corrected chi connectivity index (χ3v) is 6.61. The number of carbonyl (C=O) groups is 3. The zero-order valence-electron chi connectivity index (χ0n) is 20.4. The van der Waals surface area contributed by atoms with Gasteiger partial charge in [0.05, 0.1) is 5.52 Å². The first-order chi connectivity index (χ1) is 18.8. The highest BCUT2D eigenvalue weighted by molar-refractivity contribution is 9.10. The number of carbonyl (C=O) groups excluding carboxylic acids is 3. The van der Waals surface area contributed by atoms with Crippen LogP contribution in [0.1, 0.15) is 34.6 Å². The van der Waals surface area contributed by atoms with Gasteiger partial charge in [-0.1, -0.05) is 12.0 Å². The molecule has 5 rings (SSSR count). The molecule has 4 aromatic rings. The largest absolute Gasteiger partial charge is 0.364 e. The summed E-state index contributed by atoms with van der Waals surface area (Å²) in [5.74, 6) is 4.18. The van der Waals surface area contributed by atoms with E-state index in [0.717, 1.165) is 0 Å². The van der Waals surface area contributed by atoms with E-state index in [1.54, 1.807) is 36.4 Å². The van der Waals surface area contributed by atoms with Gasteiger partial charge < -0.3 is 16.0 Å². The Hall–Kier alpha value is -4.63. The fourth-order valence-electron chi connectivity index (χ4n) is 4.41. The Morgan fingerprint density at radius 3 is 2.77 bits per heavy atom. The van der Waals surface area contributed by atoms with Crippen LogP contribution in [0.5, 0.6) is 0 Å². The van der Waals surface area contributed by atoms with E-state index < -0.39 is 17.8 Å². The molecule has 1 fully saturated rings. The molecule has 0 saturated carbocycles. The summed E-state index contributed by atoms with van der Waals surface area (Å²) in [5.41, 5.74) is 6.84. The Morgan fingerprint density at radius 2 is 2.00 bits per heavy atom. The Kier molecular flexibility index (Phi) is 7.33. The van der Waals surface area contributed by atoms with Crippen LogP contribution in [0.4, 0.5) is 10.2 Å². The van der Waals surface area contributed by atoms with Crippen LogP contribution in [0.25, 0.3) is 10.9 Å². The molecule has 0 aliphatic carbocycles. The van der Waals surface area contributed by atoms with Crippen LogP contribution in [0.2, 0.25) is 0 Å². The van der Waals surface area contributed by atoms with Gasteiger partial charge in [0, 0.05) is 29.8 Å². The number of halogens is 2. The summed E-state index contributed by atoms with van der Waals surface area (Å²) in [7, 11) is 0. The van der Waals surface area contributed by atoms with Crippen LogP contribution in [0, 0.1) is 17.7 Å². The van der Waals surface area contributed by atoms with Gasteiger partial charge in [-0.3, -0.25) is 19.1 Å². The van der Waals surface area contributed by atoms with E-state index >= 15 is 0 Å². The van der Waals surface area contributed by atoms with Crippen molar-refractivity contribution in [1.82, 2.24) is 24.6 Å². The Balaban J connectivity index is 1.37. The molecule has 39 heavy (non-hydrogen) atoms. The molecule has 3 amide bonds. The maximum atomic E-state index is 13.4. The van der Waals surface area contributed by atoms with Crippen molar-refractivity contribution in [1.29, 1.82) is 0 Å². The lowest BCUT2D eigenvalue weighted by Crippen LogP contribution is -2.44. The van der Waals surface area contributed by atoms with Crippen LogP contribution in [0.3, 0.4) is 0 Å². The minimum absolute atomic E-state index is 0.0122. The Bertz CT molecular complexity index is 1680. The normalized spacial score (nSPS) is 14.6. The molecular weight excluding hydrogens is 569 g/mol. The van der Waals surface area contributed by atoms with Gasteiger partial charge in [-0.05, 0) is 71.1 Å². The molecule has 0 spiro atoms. The number of rotatable bonds is 5. The molecule has 10 nitrogen and oxygen atoms in total. The lowest BCUT2D eigenvalue weighted by molar-refractivity contribution is -0.137. The summed E-state index contributed by atoms with van der Waals surface area (Å²) in [6.07, 6.45) is 2.51. The minimum atomic E-state index is -0.761. The summed E-state index contributed by atoms with van der Waals surface area (Å²) in [6, 6.07) is 11.9. The first-order valence-corrected chi connectivity index (χ1v) is 12.7. The molecule has 1 unspecified atom stereocenters. The highest BCUT2D eigenvalue weighted by Gasteiger charge is 2.34. The highest BCUT2D eigenvalue weighted by atomic mass is 79.9. The Labute approximate surface area is 230 Å². The highest BCUT2D eigenvalue weighted by Crippen LogP contribution is 2.23. The second-order valence-corrected chi connectivity index (χ2v) is 9.60. The average Bonchev–Trinajstić information content (AvgIpc) is 3.53. The number of nitrogens with one attached hydrogen (secondary N) is 1. The zero-order chi connectivity index (χ0) is 27.5. The second-order valence-electron chi connectivity index (χ2n) is 8.79. The van der Waals surface area contributed by atoms with Crippen molar-refractivity contribution < 1.29 is 18.8 Å². The van der Waals surface area contributed by atoms with Crippen molar-refractivity contribution >= 4 is 50.4 Å². The molecule has 3 aromatic heterocycles. The summed E-state index contributed by atoms with van der Waals surface area (Å²) in [4.78, 5) is 48.1. The van der Waals surface area contributed by atoms with Gasteiger partial charge in [0.25, 0.3) is 5.91 Å². The molecule has 3 N–H and O–H groups in total. The monoisotopic (exact) mass is 589 g/mol. The number of hydrogen-bond donors (Lipinski definition) is 2. The van der Waals surface area contributed by atoms with Gasteiger partial charge in [0.1, 0.15) is 34.5 Å². The van der Waals surface area contributed by atoms with E-state index in [2.05, 4.69) is 48.2 Å². The summed E-state index contributed by atoms with van der Waals surface area (Å²) < 4.78 is 15.4. The van der Waals surface area contributed by atoms with Crippen molar-refractivity contribution in [3.05, 3.63) is 82.1 Å². The lowest BCUT2D eigenvalue weighted by Gasteiger charge is -2.24. The number of benzene rings is 1. The van der Waals surface area contributed by atoms with Crippen molar-refractivity contribution in [3.63, 3.8) is 0 Å². The number of likely N-dealkylation sites (tertiary alicyclic amines) is 1. The molecule has 4 heterocycles. The van der Waals surface area contributed by atoms with Crippen LogP contribution < -0.4 is 11.1 Å². The van der Waals surface area contributed by atoms with Gasteiger partial charge >= 0.3 is 0 Å². The molecule has 1 aromatic carbocycles. The van der Waals surface area contributed by atoms with Gasteiger partial charge in [-0.15, -0.1) is 0 Å². The van der Waals surface area contributed by atoms with Crippen LogP contribution in [-0.4, -0.2) is 55.0 Å². The maximum Gasteiger partial charge on any atom is 0.269 e. The summed E-state index contributed by atoms with van der Waals surface area (Å²) in [6.45, 7) is 0.222. The van der Waals surface area contributed by atoms with Crippen LogP contribution in [-0.2, 0) is 16.1 Å². The second kappa shape index (κ2) is 11.0. The smallest absolute Gasteiger partial charge is 0.269 e. The van der Waals surface area contributed by atoms with E-state index in [4.69, 9.17) is 5.73 Å². The van der Waals surface area contributed by atoms with Gasteiger partial charge in [-0.25, -0.2) is 14.4 Å². The van der Waals surface area contributed by atoms with E-state index in [1.165, 1.54) is 27.9 Å². The molecule has 12 heteroatoms. The number of anilines is 1. The molecule has 196 valence electrons. The zero-order valence-corrected chi connectivity index (χ0v) is 22.0. The summed E-state index contributed by atoms with van der Waals surface area (Å²) >= 11 is 3.27. The quantitative estimate of drug-likeness (QED) is 0.271. The Morgan fingerprint density at radius 1 is 1.15 bits per heavy atom. The first-order valence-electron chi connectivity index (χ1n) is 12.0. The number of aromatic nitrogens is 4. The summed E-state index contributed by atoms with van der Waals surface area (Å²) in [5, 5.41) is 7.47. The van der Waals surface area contributed by atoms with Crippen molar-refractivity contribution in [3.8, 4) is 11.8 Å². The van der Waals surface area contributed by atoms with E-state index in [9.17, 15) is 18.8 Å². The lowest BCUT2D eigenvalue weighted by atomic mass is 10.1. The number of nitrogens with zero attached hydrogens (tertiary/aromatic N) is 5. The third kappa shape index (κ3) is 5.78. The molecule has 1 aliphatic heterocycles. The van der Waals surface area contributed by atoms with Crippen molar-refractivity contribution in [2.45, 2.75) is 25.4 Å².